The third kappa shape index (κ3) is 3.78. The molecule has 3 aromatic heterocycles. The Balaban J connectivity index is 1.81. The van der Waals surface area contributed by atoms with Gasteiger partial charge in [-0.15, -0.1) is 0 Å². The molecule has 0 bridgehead atoms. The van der Waals surface area contributed by atoms with Crippen LogP contribution in [0.4, 0.5) is 8.78 Å². The molecule has 0 spiro atoms. The van der Waals surface area contributed by atoms with Gasteiger partial charge in [-0.05, 0) is 31.0 Å². The Labute approximate surface area is 203 Å². The number of aryl methyl sites for hydroxylation is 1. The van der Waals surface area contributed by atoms with Crippen molar-refractivity contribution in [3.05, 3.63) is 58.4 Å². The number of alkyl halides is 1. The molecule has 1 aromatic carbocycles. The van der Waals surface area contributed by atoms with Crippen molar-refractivity contribution in [3.8, 4) is 17.3 Å². The number of fused-ring (bicyclic) bond motifs is 2. The van der Waals surface area contributed by atoms with Crippen LogP contribution in [0, 0.1) is 5.82 Å². The number of piperidine rings is 1. The average molecular weight is 486 g/mol. The van der Waals surface area contributed by atoms with Crippen molar-refractivity contribution in [1.82, 2.24) is 19.0 Å². The van der Waals surface area contributed by atoms with Gasteiger partial charge >= 0.3 is 0 Å². The predicted octanol–water partition coefficient (Wildman–Crippen LogP) is 3.61. The number of likely N-dealkylation sites (tertiary alicyclic amines) is 1. The number of methoxy groups -OCH3 is 2. The van der Waals surface area contributed by atoms with E-state index >= 15 is 0 Å². The van der Waals surface area contributed by atoms with Gasteiger partial charge in [0.05, 0.1) is 41.9 Å². The van der Waals surface area contributed by atoms with E-state index in [9.17, 15) is 18.4 Å². The van der Waals surface area contributed by atoms with E-state index in [-0.39, 0.29) is 70.6 Å². The number of hydrogen-bond donors (Lipinski definition) is 0. The fourth-order valence-corrected chi connectivity index (χ4v) is 4.46. The summed E-state index contributed by atoms with van der Waals surface area (Å²) in [5.74, 6) is -1.06. The molecule has 0 N–H and O–H groups in total. The fourth-order valence-electron chi connectivity index (χ4n) is 4.46. The second-order valence-electron chi connectivity index (χ2n) is 8.32. The van der Waals surface area contributed by atoms with Gasteiger partial charge in [-0.3, -0.25) is 14.2 Å². The highest BCUT2D eigenvalue weighted by molar-refractivity contribution is 6.06. The zero-order chi connectivity index (χ0) is 27.4. The topological polar surface area (TPSA) is 78.6 Å². The number of amides is 1. The van der Waals surface area contributed by atoms with Gasteiger partial charge in [-0.1, -0.05) is 0 Å². The standard InChI is InChI=1S/C25H24F2N4O4/c1-29-7-6-16-19(29)10-15(27)11-20(16)31-13-18(24(32)30-8-4-14(26)5-9-30)22-17(25(31)33)12-21(34-2)23(28-22)35-3/h6-7,10-14H,4-5,8-9H2,1-3H3/i1D3. The van der Waals surface area contributed by atoms with Gasteiger partial charge in [0.2, 0.25) is 0 Å². The van der Waals surface area contributed by atoms with Crippen LogP contribution in [0.3, 0.4) is 0 Å². The SMILES string of the molecule is [2H]C([2H])([2H])n1ccc2c(-n3cc(C(=O)N4CCC(F)CC4)c4nc(OC)c(OC)cc4c3=O)cc(F)cc21. The number of carbonyl (C=O) groups is 1. The molecule has 1 aliphatic heterocycles. The maximum atomic E-state index is 14.8. The lowest BCUT2D eigenvalue weighted by Crippen LogP contribution is -2.39. The van der Waals surface area contributed by atoms with Crippen LogP contribution in [0.2, 0.25) is 0 Å². The van der Waals surface area contributed by atoms with Crippen LogP contribution in [-0.2, 0) is 6.98 Å². The van der Waals surface area contributed by atoms with Crippen molar-refractivity contribution in [3.63, 3.8) is 0 Å². The van der Waals surface area contributed by atoms with Crippen molar-refractivity contribution in [2.75, 3.05) is 27.3 Å². The molecule has 8 nitrogen and oxygen atoms in total. The average Bonchev–Trinajstić information content (AvgIpc) is 3.32. The minimum absolute atomic E-state index is 0.00143. The Kier molecular flexibility index (Phi) is 4.80. The first-order chi connectivity index (χ1) is 18.0. The predicted molar refractivity (Wildman–Crippen MR) is 127 cm³/mol. The molecule has 10 heteroatoms. The van der Waals surface area contributed by atoms with Crippen molar-refractivity contribution in [2.45, 2.75) is 19.0 Å². The summed E-state index contributed by atoms with van der Waals surface area (Å²) < 4.78 is 64.5. The number of ether oxygens (including phenoxy) is 2. The van der Waals surface area contributed by atoms with Crippen molar-refractivity contribution in [1.29, 1.82) is 0 Å². The second kappa shape index (κ2) is 8.68. The van der Waals surface area contributed by atoms with Gasteiger partial charge in [0.25, 0.3) is 17.3 Å². The zero-order valence-corrected chi connectivity index (χ0v) is 19.0. The third-order valence-corrected chi connectivity index (χ3v) is 6.28. The number of rotatable bonds is 4. The molecule has 4 heterocycles. The van der Waals surface area contributed by atoms with Gasteiger partial charge in [0.15, 0.2) is 5.75 Å². The fraction of sp³-hybridized carbons (Fsp3) is 0.320. The molecule has 35 heavy (non-hydrogen) atoms. The van der Waals surface area contributed by atoms with Gasteiger partial charge in [0.1, 0.15) is 12.0 Å². The van der Waals surface area contributed by atoms with Gasteiger partial charge in [-0.2, -0.15) is 0 Å². The summed E-state index contributed by atoms with van der Waals surface area (Å²) in [6, 6.07) is 5.01. The minimum Gasteiger partial charge on any atom is -0.491 e. The first-order valence-electron chi connectivity index (χ1n) is 12.5. The molecule has 1 saturated heterocycles. The maximum absolute atomic E-state index is 14.8. The van der Waals surface area contributed by atoms with E-state index < -0.39 is 30.4 Å². The maximum Gasteiger partial charge on any atom is 0.264 e. The Morgan fingerprint density at radius 1 is 1.17 bits per heavy atom. The van der Waals surface area contributed by atoms with Crippen molar-refractivity contribution >= 4 is 27.7 Å². The molecule has 5 rings (SSSR count). The Morgan fingerprint density at radius 2 is 1.94 bits per heavy atom. The van der Waals surface area contributed by atoms with Crippen LogP contribution in [-0.4, -0.2) is 58.4 Å². The summed E-state index contributed by atoms with van der Waals surface area (Å²) in [6.07, 6.45) is 1.90. The number of hydrogen-bond acceptors (Lipinski definition) is 5. The highest BCUT2D eigenvalue weighted by Gasteiger charge is 2.27. The first kappa shape index (κ1) is 19.4. The molecule has 4 aromatic rings. The molecular weight excluding hydrogens is 458 g/mol. The molecule has 0 unspecified atom stereocenters. The molecule has 182 valence electrons. The van der Waals surface area contributed by atoms with E-state index in [0.717, 1.165) is 21.3 Å². The van der Waals surface area contributed by atoms with Gasteiger partial charge in [-0.25, -0.2) is 13.8 Å². The van der Waals surface area contributed by atoms with E-state index in [0.29, 0.717) is 0 Å². The Bertz CT molecular complexity index is 1630. The summed E-state index contributed by atoms with van der Waals surface area (Å²) in [5.41, 5.74) is -0.480. The largest absolute Gasteiger partial charge is 0.491 e. The van der Waals surface area contributed by atoms with Crippen molar-refractivity contribution in [2.24, 2.45) is 6.98 Å². The molecule has 0 saturated carbocycles. The van der Waals surface area contributed by atoms with Crippen LogP contribution in [0.5, 0.6) is 11.6 Å². The smallest absolute Gasteiger partial charge is 0.264 e. The Hall–Kier alpha value is -3.95. The zero-order valence-electron chi connectivity index (χ0n) is 22.0. The van der Waals surface area contributed by atoms with Crippen LogP contribution < -0.4 is 15.0 Å². The quantitative estimate of drug-likeness (QED) is 0.441. The van der Waals surface area contributed by atoms with E-state index in [1.165, 1.54) is 43.6 Å². The summed E-state index contributed by atoms with van der Waals surface area (Å²) >= 11 is 0. The van der Waals surface area contributed by atoms with Crippen LogP contribution in [0.15, 0.2) is 41.5 Å². The molecule has 0 aliphatic carbocycles. The number of halogens is 2. The lowest BCUT2D eigenvalue weighted by atomic mass is 10.1. The third-order valence-electron chi connectivity index (χ3n) is 6.28. The molecular formula is C25H24F2N4O4. The van der Waals surface area contributed by atoms with Crippen LogP contribution in [0.25, 0.3) is 27.5 Å². The number of pyridine rings is 2. The molecule has 0 radical (unpaired) electrons. The van der Waals surface area contributed by atoms with Gasteiger partial charge in [0, 0.05) is 48.0 Å². The second-order valence-corrected chi connectivity index (χ2v) is 8.32. The highest BCUT2D eigenvalue weighted by Crippen LogP contribution is 2.31. The summed E-state index contributed by atoms with van der Waals surface area (Å²) in [5, 5.41) is 0.288. The minimum atomic E-state index is -2.58. The van der Waals surface area contributed by atoms with Gasteiger partial charge < -0.3 is 18.9 Å². The summed E-state index contributed by atoms with van der Waals surface area (Å²) in [7, 11) is 2.73. The molecule has 1 fully saturated rings. The molecule has 0 atom stereocenters. The lowest BCUT2D eigenvalue weighted by molar-refractivity contribution is 0.0668. The normalized spacial score (nSPS) is 16.2. The van der Waals surface area contributed by atoms with Crippen molar-refractivity contribution < 1.29 is 27.2 Å². The summed E-state index contributed by atoms with van der Waals surface area (Å²) in [4.78, 5) is 33.3. The number of aromatic nitrogens is 3. The monoisotopic (exact) mass is 485 g/mol. The lowest BCUT2D eigenvalue weighted by Gasteiger charge is -2.29. The molecule has 1 amide bonds. The number of carbonyl (C=O) groups excluding carboxylic acids is 1. The van der Waals surface area contributed by atoms with E-state index in [2.05, 4.69) is 4.98 Å². The number of nitrogens with zero attached hydrogens (tertiary/aromatic N) is 4. The van der Waals surface area contributed by atoms with Crippen LogP contribution >= 0.6 is 0 Å². The Morgan fingerprint density at radius 3 is 2.63 bits per heavy atom. The van der Waals surface area contributed by atoms with E-state index in [1.54, 1.807) is 0 Å². The first-order valence-corrected chi connectivity index (χ1v) is 11.0. The van der Waals surface area contributed by atoms with E-state index in [1.807, 2.05) is 0 Å². The van der Waals surface area contributed by atoms with Crippen LogP contribution in [0.1, 0.15) is 27.3 Å². The number of benzene rings is 1. The van der Waals surface area contributed by atoms with E-state index in [4.69, 9.17) is 13.6 Å². The molecule has 1 aliphatic rings. The highest BCUT2D eigenvalue weighted by atomic mass is 19.1. The summed E-state index contributed by atoms with van der Waals surface area (Å²) in [6.45, 7) is -2.22.